The lowest BCUT2D eigenvalue weighted by atomic mass is 9.85. The van der Waals surface area contributed by atoms with Crippen LogP contribution in [-0.4, -0.2) is 23.8 Å². The molecule has 4 heteroatoms. The Morgan fingerprint density at radius 3 is 2.82 bits per heavy atom. The van der Waals surface area contributed by atoms with Gasteiger partial charge >= 0.3 is 5.97 Å². The molecule has 0 saturated heterocycles. The minimum atomic E-state index is -0.404. The highest BCUT2D eigenvalue weighted by Gasteiger charge is 2.24. The molecule has 1 atom stereocenters. The molecule has 90 valence electrons. The Balaban J connectivity index is 2.17. The van der Waals surface area contributed by atoms with Crippen molar-refractivity contribution in [3.8, 4) is 0 Å². The third-order valence-electron chi connectivity index (χ3n) is 3.12. The van der Waals surface area contributed by atoms with E-state index in [1.807, 2.05) is 0 Å². The van der Waals surface area contributed by atoms with E-state index in [2.05, 4.69) is 9.72 Å². The highest BCUT2D eigenvalue weighted by molar-refractivity contribution is 5.89. The summed E-state index contributed by atoms with van der Waals surface area (Å²) < 4.78 is 4.60. The zero-order valence-corrected chi connectivity index (χ0v) is 9.81. The highest BCUT2D eigenvalue weighted by Crippen LogP contribution is 2.28. The van der Waals surface area contributed by atoms with Gasteiger partial charge in [-0.25, -0.2) is 4.79 Å². The molecule has 1 aromatic rings. The van der Waals surface area contributed by atoms with Gasteiger partial charge in [0.2, 0.25) is 0 Å². The number of nitrogens with zero attached hydrogens (tertiary/aromatic N) is 1. The molecular formula is C13H15NO3. The van der Waals surface area contributed by atoms with Gasteiger partial charge in [-0.05, 0) is 25.0 Å². The minimum Gasteiger partial charge on any atom is -0.465 e. The lowest BCUT2D eigenvalue weighted by molar-refractivity contribution is -0.121. The molecule has 0 aromatic carbocycles. The van der Waals surface area contributed by atoms with E-state index in [0.717, 1.165) is 25.0 Å². The van der Waals surface area contributed by atoms with Crippen molar-refractivity contribution < 1.29 is 14.3 Å². The third kappa shape index (κ3) is 2.52. The average Bonchev–Trinajstić information content (AvgIpc) is 2.39. The second-order valence-corrected chi connectivity index (χ2v) is 4.23. The van der Waals surface area contributed by atoms with Crippen molar-refractivity contribution in [3.63, 3.8) is 0 Å². The Kier molecular flexibility index (Phi) is 3.52. The number of methoxy groups -OCH3 is 1. The predicted molar refractivity (Wildman–Crippen MR) is 61.8 cm³/mol. The molecule has 0 bridgehead atoms. The molecule has 0 spiro atoms. The van der Waals surface area contributed by atoms with Gasteiger partial charge in [-0.2, -0.15) is 0 Å². The van der Waals surface area contributed by atoms with Crippen molar-refractivity contribution in [2.24, 2.45) is 0 Å². The first-order valence-corrected chi connectivity index (χ1v) is 5.79. The van der Waals surface area contributed by atoms with Crippen molar-refractivity contribution >= 4 is 11.8 Å². The Morgan fingerprint density at radius 2 is 2.24 bits per heavy atom. The number of aromatic nitrogens is 1. The summed E-state index contributed by atoms with van der Waals surface area (Å²) in [6.45, 7) is 0. The van der Waals surface area contributed by atoms with Gasteiger partial charge in [-0.15, -0.1) is 0 Å². The van der Waals surface area contributed by atoms with Crippen LogP contribution < -0.4 is 0 Å². The van der Waals surface area contributed by atoms with Crippen LogP contribution in [0.3, 0.4) is 0 Å². The van der Waals surface area contributed by atoms with E-state index in [4.69, 9.17) is 0 Å². The number of esters is 1. The molecule has 1 fully saturated rings. The van der Waals surface area contributed by atoms with Crippen molar-refractivity contribution in [3.05, 3.63) is 29.6 Å². The summed E-state index contributed by atoms with van der Waals surface area (Å²) in [6.07, 6.45) is 5.03. The molecule has 0 aliphatic heterocycles. The van der Waals surface area contributed by atoms with E-state index in [-0.39, 0.29) is 11.7 Å². The van der Waals surface area contributed by atoms with E-state index < -0.39 is 5.97 Å². The van der Waals surface area contributed by atoms with Crippen molar-refractivity contribution in [1.29, 1.82) is 0 Å². The Labute approximate surface area is 100 Å². The summed E-state index contributed by atoms with van der Waals surface area (Å²) >= 11 is 0. The van der Waals surface area contributed by atoms with Gasteiger partial charge in [0.05, 0.1) is 24.3 Å². The number of carbonyl (C=O) groups excluding carboxylic acids is 2. The standard InChI is InChI=1S/C13H15NO3/c1-17-13(16)9-6-7-11(14-8-9)10-4-2-3-5-12(10)15/h6-8,10H,2-5H2,1H3/t10-/m0/s1. The molecule has 2 rings (SSSR count). The summed E-state index contributed by atoms with van der Waals surface area (Å²) in [7, 11) is 1.33. The highest BCUT2D eigenvalue weighted by atomic mass is 16.5. The second-order valence-electron chi connectivity index (χ2n) is 4.23. The van der Waals surface area contributed by atoms with Crippen LogP contribution in [0.15, 0.2) is 18.3 Å². The summed E-state index contributed by atoms with van der Waals surface area (Å²) in [5.41, 5.74) is 1.18. The van der Waals surface area contributed by atoms with Crippen LogP contribution in [0.2, 0.25) is 0 Å². The third-order valence-corrected chi connectivity index (χ3v) is 3.12. The molecule has 0 radical (unpaired) electrons. The quantitative estimate of drug-likeness (QED) is 0.734. The first kappa shape index (κ1) is 11.8. The first-order chi connectivity index (χ1) is 8.22. The number of hydrogen-bond acceptors (Lipinski definition) is 4. The Hall–Kier alpha value is -1.71. The Bertz CT molecular complexity index is 425. The van der Waals surface area contributed by atoms with Crippen LogP contribution in [0.4, 0.5) is 0 Å². The number of pyridine rings is 1. The van der Waals surface area contributed by atoms with Gasteiger partial charge in [0.15, 0.2) is 0 Å². The zero-order chi connectivity index (χ0) is 12.3. The summed E-state index contributed by atoms with van der Waals surface area (Å²) in [6, 6.07) is 3.41. The molecule has 1 aliphatic carbocycles. The second kappa shape index (κ2) is 5.08. The fourth-order valence-electron chi connectivity index (χ4n) is 2.15. The van der Waals surface area contributed by atoms with Crippen molar-refractivity contribution in [1.82, 2.24) is 4.98 Å². The number of carbonyl (C=O) groups is 2. The molecule has 1 heterocycles. The van der Waals surface area contributed by atoms with E-state index in [9.17, 15) is 9.59 Å². The zero-order valence-electron chi connectivity index (χ0n) is 9.81. The molecule has 0 unspecified atom stereocenters. The van der Waals surface area contributed by atoms with Gasteiger partial charge in [-0.1, -0.05) is 6.42 Å². The monoisotopic (exact) mass is 233 g/mol. The predicted octanol–water partition coefficient (Wildman–Crippen LogP) is 2.09. The smallest absolute Gasteiger partial charge is 0.339 e. The first-order valence-electron chi connectivity index (χ1n) is 5.79. The number of rotatable bonds is 2. The van der Waals surface area contributed by atoms with E-state index >= 15 is 0 Å². The van der Waals surface area contributed by atoms with Crippen LogP contribution in [0.5, 0.6) is 0 Å². The van der Waals surface area contributed by atoms with Gasteiger partial charge in [0.1, 0.15) is 5.78 Å². The van der Waals surface area contributed by atoms with Gasteiger partial charge in [0.25, 0.3) is 0 Å². The summed E-state index contributed by atoms with van der Waals surface area (Å²) in [4.78, 5) is 27.2. The van der Waals surface area contributed by atoms with Crippen LogP contribution in [0, 0.1) is 0 Å². The van der Waals surface area contributed by atoms with Crippen LogP contribution in [0.1, 0.15) is 47.7 Å². The maximum atomic E-state index is 11.7. The molecule has 17 heavy (non-hydrogen) atoms. The van der Waals surface area contributed by atoms with Crippen molar-refractivity contribution in [2.75, 3.05) is 7.11 Å². The van der Waals surface area contributed by atoms with Gasteiger partial charge in [0, 0.05) is 12.6 Å². The molecule has 1 aliphatic rings. The van der Waals surface area contributed by atoms with Crippen LogP contribution in [-0.2, 0) is 9.53 Å². The molecular weight excluding hydrogens is 218 g/mol. The van der Waals surface area contributed by atoms with E-state index in [1.54, 1.807) is 12.1 Å². The lowest BCUT2D eigenvalue weighted by Gasteiger charge is -2.19. The largest absolute Gasteiger partial charge is 0.465 e. The fourth-order valence-corrected chi connectivity index (χ4v) is 2.15. The van der Waals surface area contributed by atoms with E-state index in [1.165, 1.54) is 13.3 Å². The fraction of sp³-hybridized carbons (Fsp3) is 0.462. The van der Waals surface area contributed by atoms with Gasteiger partial charge in [-0.3, -0.25) is 9.78 Å². The number of ketones is 1. The SMILES string of the molecule is COC(=O)c1ccc([C@@H]2CCCCC2=O)nc1. The van der Waals surface area contributed by atoms with Gasteiger partial charge < -0.3 is 4.74 Å². The number of Topliss-reactive ketones (excluding diaryl/α,β-unsaturated/α-hetero) is 1. The van der Waals surface area contributed by atoms with Crippen LogP contribution in [0.25, 0.3) is 0 Å². The maximum absolute atomic E-state index is 11.7. The molecule has 0 amide bonds. The summed E-state index contributed by atoms with van der Waals surface area (Å²) in [5.74, 6) is -0.232. The topological polar surface area (TPSA) is 56.3 Å². The molecule has 1 saturated carbocycles. The normalized spacial score (nSPS) is 20.1. The average molecular weight is 233 g/mol. The lowest BCUT2D eigenvalue weighted by Crippen LogP contribution is -2.18. The van der Waals surface area contributed by atoms with Crippen LogP contribution >= 0.6 is 0 Å². The molecule has 0 N–H and O–H groups in total. The summed E-state index contributed by atoms with van der Waals surface area (Å²) in [5, 5.41) is 0. The van der Waals surface area contributed by atoms with E-state index in [0.29, 0.717) is 12.0 Å². The number of hydrogen-bond donors (Lipinski definition) is 0. The molecule has 4 nitrogen and oxygen atoms in total. The number of ether oxygens (including phenoxy) is 1. The minimum absolute atomic E-state index is 0.0875. The Morgan fingerprint density at radius 1 is 1.41 bits per heavy atom. The molecule has 1 aromatic heterocycles. The van der Waals surface area contributed by atoms with Crippen molar-refractivity contribution in [2.45, 2.75) is 31.6 Å². The maximum Gasteiger partial charge on any atom is 0.339 e.